The Kier molecular flexibility index (Phi) is 5.25. The van der Waals surface area contributed by atoms with Crippen molar-refractivity contribution in [3.8, 4) is 11.4 Å². The summed E-state index contributed by atoms with van der Waals surface area (Å²) in [5.74, 6) is -1.38. The smallest absolute Gasteiger partial charge is 0.328 e. The van der Waals surface area contributed by atoms with Gasteiger partial charge in [0.25, 0.3) is 5.56 Å². The molecule has 0 saturated carbocycles. The molecule has 34 heavy (non-hydrogen) atoms. The highest BCUT2D eigenvalue weighted by molar-refractivity contribution is 5.93. The summed E-state index contributed by atoms with van der Waals surface area (Å²) in [5, 5.41) is 3.10. The zero-order chi connectivity index (χ0) is 23.8. The van der Waals surface area contributed by atoms with Gasteiger partial charge in [-0.15, -0.1) is 0 Å². The first kappa shape index (κ1) is 21.3. The van der Waals surface area contributed by atoms with Crippen molar-refractivity contribution < 1.29 is 13.6 Å². The van der Waals surface area contributed by atoms with Crippen molar-refractivity contribution in [1.82, 2.24) is 19.5 Å². The molecule has 170 valence electrons. The van der Waals surface area contributed by atoms with Crippen LogP contribution in [0.3, 0.4) is 0 Å². The Morgan fingerprint density at radius 1 is 1.00 bits per heavy atom. The minimum Gasteiger partial charge on any atom is -0.338 e. The monoisotopic (exact) mass is 461 g/mol. The molecule has 0 fully saturated rings. The Labute approximate surface area is 189 Å². The maximum atomic E-state index is 14.1. The van der Waals surface area contributed by atoms with E-state index < -0.39 is 22.9 Å². The molecular formula is C24H17F2N5O3. The van der Waals surface area contributed by atoms with E-state index in [2.05, 4.69) is 20.3 Å². The van der Waals surface area contributed by atoms with Crippen LogP contribution in [0.1, 0.15) is 6.42 Å². The zero-order valence-electron chi connectivity index (χ0n) is 17.6. The quantitative estimate of drug-likeness (QED) is 0.372. The third-order valence-corrected chi connectivity index (χ3v) is 5.42. The van der Waals surface area contributed by atoms with E-state index in [0.29, 0.717) is 27.6 Å². The summed E-state index contributed by atoms with van der Waals surface area (Å²) < 4.78 is 28.9. The van der Waals surface area contributed by atoms with Gasteiger partial charge in [0, 0.05) is 18.7 Å². The van der Waals surface area contributed by atoms with Crippen molar-refractivity contribution in [2.45, 2.75) is 13.0 Å². The molecule has 5 aromatic rings. The van der Waals surface area contributed by atoms with Gasteiger partial charge in [-0.1, -0.05) is 12.1 Å². The van der Waals surface area contributed by atoms with E-state index in [1.54, 1.807) is 42.5 Å². The predicted octanol–water partition coefficient (Wildman–Crippen LogP) is 3.54. The van der Waals surface area contributed by atoms with E-state index in [9.17, 15) is 23.2 Å². The number of anilines is 1. The van der Waals surface area contributed by atoms with Gasteiger partial charge in [-0.25, -0.2) is 18.6 Å². The van der Waals surface area contributed by atoms with Gasteiger partial charge in [-0.2, -0.15) is 0 Å². The number of nitrogens with one attached hydrogen (secondary N) is 3. The highest BCUT2D eigenvalue weighted by Crippen LogP contribution is 2.25. The lowest BCUT2D eigenvalue weighted by Crippen LogP contribution is -2.31. The molecule has 2 aromatic heterocycles. The topological polar surface area (TPSA) is 113 Å². The van der Waals surface area contributed by atoms with E-state index in [4.69, 9.17) is 0 Å². The number of imidazole rings is 1. The number of carbonyl (C=O) groups excluding carboxylic acids is 1. The summed E-state index contributed by atoms with van der Waals surface area (Å²) >= 11 is 0. The Bertz CT molecular complexity index is 1690. The summed E-state index contributed by atoms with van der Waals surface area (Å²) in [6, 6.07) is 14.7. The summed E-state index contributed by atoms with van der Waals surface area (Å²) in [6.07, 6.45) is -0.0172. The number of para-hydroxylation sites is 1. The van der Waals surface area contributed by atoms with Crippen molar-refractivity contribution in [3.05, 3.63) is 93.1 Å². The molecule has 1 amide bonds. The summed E-state index contributed by atoms with van der Waals surface area (Å²) in [4.78, 5) is 46.2. The number of aromatic amines is 2. The van der Waals surface area contributed by atoms with Crippen LogP contribution in [0, 0.1) is 11.6 Å². The molecular weight excluding hydrogens is 444 g/mol. The van der Waals surface area contributed by atoms with Crippen molar-refractivity contribution in [3.63, 3.8) is 0 Å². The molecule has 10 heteroatoms. The maximum Gasteiger partial charge on any atom is 0.328 e. The molecule has 2 heterocycles. The number of carbonyl (C=O) groups is 1. The van der Waals surface area contributed by atoms with Gasteiger partial charge in [0.1, 0.15) is 17.5 Å². The van der Waals surface area contributed by atoms with Crippen LogP contribution in [0.4, 0.5) is 14.5 Å². The third kappa shape index (κ3) is 3.96. The van der Waals surface area contributed by atoms with Crippen LogP contribution in [0.5, 0.6) is 0 Å². The summed E-state index contributed by atoms with van der Waals surface area (Å²) in [6.45, 7) is 0.0667. The van der Waals surface area contributed by atoms with Crippen LogP contribution in [0.25, 0.3) is 33.3 Å². The van der Waals surface area contributed by atoms with Gasteiger partial charge in [-0.3, -0.25) is 19.1 Å². The van der Waals surface area contributed by atoms with Crippen LogP contribution in [-0.2, 0) is 11.3 Å². The van der Waals surface area contributed by atoms with Gasteiger partial charge < -0.3 is 10.3 Å². The first-order chi connectivity index (χ1) is 16.4. The number of benzene rings is 3. The van der Waals surface area contributed by atoms with E-state index in [1.807, 2.05) is 0 Å². The Balaban J connectivity index is 1.34. The molecule has 3 N–H and O–H groups in total. The fraction of sp³-hybridized carbons (Fsp3) is 0.0833. The first-order valence-electron chi connectivity index (χ1n) is 10.4. The summed E-state index contributed by atoms with van der Waals surface area (Å²) in [7, 11) is 0. The number of aromatic nitrogens is 4. The zero-order valence-corrected chi connectivity index (χ0v) is 17.6. The maximum absolute atomic E-state index is 14.1. The van der Waals surface area contributed by atoms with Gasteiger partial charge in [0.15, 0.2) is 0 Å². The number of halogens is 2. The highest BCUT2D eigenvalue weighted by Gasteiger charge is 2.13. The predicted molar refractivity (Wildman–Crippen MR) is 124 cm³/mol. The molecule has 0 radical (unpaired) electrons. The Hall–Kier alpha value is -4.60. The van der Waals surface area contributed by atoms with E-state index in [-0.39, 0.29) is 30.3 Å². The lowest BCUT2D eigenvalue weighted by molar-refractivity contribution is -0.116. The molecule has 0 aliphatic rings. The third-order valence-electron chi connectivity index (χ3n) is 5.42. The van der Waals surface area contributed by atoms with E-state index in [0.717, 1.165) is 18.2 Å². The molecule has 0 aliphatic carbocycles. The fourth-order valence-electron chi connectivity index (χ4n) is 3.80. The molecule has 0 bridgehead atoms. The van der Waals surface area contributed by atoms with Gasteiger partial charge in [0.2, 0.25) is 5.91 Å². The second-order valence-corrected chi connectivity index (χ2v) is 7.67. The molecule has 0 saturated heterocycles. The number of hydrogen-bond acceptors (Lipinski definition) is 4. The van der Waals surface area contributed by atoms with Gasteiger partial charge in [-0.05, 0) is 48.5 Å². The van der Waals surface area contributed by atoms with Crippen LogP contribution in [0.2, 0.25) is 0 Å². The number of rotatable bonds is 5. The molecule has 0 unspecified atom stereocenters. The largest absolute Gasteiger partial charge is 0.338 e. The van der Waals surface area contributed by atoms with E-state index >= 15 is 0 Å². The molecule has 3 aromatic carbocycles. The highest BCUT2D eigenvalue weighted by atomic mass is 19.1. The number of fused-ring (bicyclic) bond motifs is 2. The van der Waals surface area contributed by atoms with Crippen molar-refractivity contribution in [1.29, 1.82) is 0 Å². The van der Waals surface area contributed by atoms with Gasteiger partial charge >= 0.3 is 5.69 Å². The van der Waals surface area contributed by atoms with Crippen molar-refractivity contribution >= 4 is 33.5 Å². The number of aryl methyl sites for hydroxylation is 1. The fourth-order valence-corrected chi connectivity index (χ4v) is 3.80. The average Bonchev–Trinajstić information content (AvgIpc) is 3.23. The second-order valence-electron chi connectivity index (χ2n) is 7.67. The molecule has 0 aliphatic heterocycles. The number of nitrogens with zero attached hydrogens (tertiary/aromatic N) is 2. The van der Waals surface area contributed by atoms with Crippen LogP contribution in [0.15, 0.2) is 70.3 Å². The number of amides is 1. The van der Waals surface area contributed by atoms with E-state index in [1.165, 1.54) is 4.57 Å². The van der Waals surface area contributed by atoms with Crippen molar-refractivity contribution in [2.24, 2.45) is 0 Å². The van der Waals surface area contributed by atoms with Crippen LogP contribution < -0.4 is 16.6 Å². The SMILES string of the molecule is O=C(CCn1c(=O)[nH]c(=O)c2ccccc21)Nc1ccc2nc(-c3cc(F)ccc3F)[nH]c2c1. The molecule has 0 atom stereocenters. The lowest BCUT2D eigenvalue weighted by Gasteiger charge is -2.10. The lowest BCUT2D eigenvalue weighted by atomic mass is 10.2. The van der Waals surface area contributed by atoms with Crippen molar-refractivity contribution in [2.75, 3.05) is 5.32 Å². The summed E-state index contributed by atoms with van der Waals surface area (Å²) in [5.41, 5.74) is 0.882. The standard InChI is InChI=1S/C24H17F2N5O3/c25-13-5-7-17(26)16(11-13)22-28-18-8-6-14(12-19(18)29-22)27-21(32)9-10-31-20-4-2-1-3-15(20)23(33)30-24(31)34/h1-8,11-12H,9-10H2,(H,27,32)(H,28,29)(H,30,33,34). The average molecular weight is 461 g/mol. The normalized spacial score (nSPS) is 11.2. The Morgan fingerprint density at radius 2 is 1.82 bits per heavy atom. The molecule has 0 spiro atoms. The van der Waals surface area contributed by atoms with Crippen LogP contribution >= 0.6 is 0 Å². The second kappa shape index (κ2) is 8.39. The van der Waals surface area contributed by atoms with Crippen LogP contribution in [-0.4, -0.2) is 25.4 Å². The number of H-pyrrole nitrogens is 2. The first-order valence-corrected chi connectivity index (χ1v) is 10.4. The van der Waals surface area contributed by atoms with Gasteiger partial charge in [0.05, 0.1) is 27.5 Å². The molecule has 8 nitrogen and oxygen atoms in total. The minimum absolute atomic E-state index is 0.000330. The molecule has 5 rings (SSSR count). The minimum atomic E-state index is -0.612. The number of hydrogen-bond donors (Lipinski definition) is 3. The Morgan fingerprint density at radius 3 is 2.68 bits per heavy atom.